The van der Waals surface area contributed by atoms with Crippen LogP contribution in [0.15, 0.2) is 24.9 Å². The minimum Gasteiger partial charge on any atom is -0.326 e. The lowest BCUT2D eigenvalue weighted by Gasteiger charge is -2.22. The van der Waals surface area contributed by atoms with E-state index in [1.54, 1.807) is 0 Å². The van der Waals surface area contributed by atoms with E-state index in [2.05, 4.69) is 11.6 Å². The van der Waals surface area contributed by atoms with E-state index in [0.29, 0.717) is 4.90 Å². The molecule has 0 unspecified atom stereocenters. The van der Waals surface area contributed by atoms with Gasteiger partial charge in [0.05, 0.1) is 10.6 Å². The Morgan fingerprint density at radius 3 is 2.58 bits per heavy atom. The first kappa shape index (κ1) is 15.8. The number of rotatable bonds is 4. The lowest BCUT2D eigenvalue weighted by Crippen LogP contribution is -2.39. The monoisotopic (exact) mass is 312 g/mol. The van der Waals surface area contributed by atoms with Crippen LogP contribution in [-0.2, 0) is 0 Å². The van der Waals surface area contributed by atoms with Crippen molar-refractivity contribution < 1.29 is 18.0 Å². The molecule has 0 aliphatic rings. The number of carbonyl (C=O) groups is 1. The molecule has 1 aromatic rings. The Kier molecular flexibility index (Phi) is 5.20. The molecule has 1 aromatic heterocycles. The third kappa shape index (κ3) is 4.72. The van der Waals surface area contributed by atoms with E-state index >= 15 is 0 Å². The molecule has 0 spiro atoms. The van der Waals surface area contributed by atoms with Gasteiger partial charge in [-0.1, -0.05) is 29.3 Å². The summed E-state index contributed by atoms with van der Waals surface area (Å²) in [4.78, 5) is 16.1. The van der Waals surface area contributed by atoms with Crippen LogP contribution < -0.4 is 0 Å². The minimum atomic E-state index is -4.50. The highest BCUT2D eigenvalue weighted by atomic mass is 35.5. The molecule has 19 heavy (non-hydrogen) atoms. The molecule has 0 aliphatic heterocycles. The van der Waals surface area contributed by atoms with Crippen molar-refractivity contribution in [3.63, 3.8) is 0 Å². The Hall–Kier alpha value is -1.27. The molecule has 0 radical (unpaired) electrons. The number of halogens is 5. The van der Waals surface area contributed by atoms with E-state index in [9.17, 15) is 18.0 Å². The van der Waals surface area contributed by atoms with E-state index < -0.39 is 18.6 Å². The summed E-state index contributed by atoms with van der Waals surface area (Å²) >= 11 is 11.2. The topological polar surface area (TPSA) is 33.2 Å². The maximum atomic E-state index is 12.4. The predicted molar refractivity (Wildman–Crippen MR) is 66.4 cm³/mol. The van der Waals surface area contributed by atoms with Crippen molar-refractivity contribution in [3.05, 3.63) is 40.7 Å². The SMILES string of the molecule is C=CCN(CC(F)(F)F)C(=O)c1cnc(Cl)c(Cl)c1. The molecule has 0 bridgehead atoms. The van der Waals surface area contributed by atoms with Gasteiger partial charge < -0.3 is 4.90 Å². The number of amides is 1. The van der Waals surface area contributed by atoms with Crippen LogP contribution in [0, 0.1) is 0 Å². The van der Waals surface area contributed by atoms with Crippen molar-refractivity contribution in [3.8, 4) is 0 Å². The standard InChI is InChI=1S/C11H9Cl2F3N2O/c1-2-3-18(6-11(14,15)16)10(19)7-4-8(12)9(13)17-5-7/h2,4-5H,1,3,6H2. The Balaban J connectivity index is 2.98. The van der Waals surface area contributed by atoms with Crippen LogP contribution in [0.25, 0.3) is 0 Å². The number of pyridine rings is 1. The Morgan fingerprint density at radius 1 is 1.47 bits per heavy atom. The molecule has 3 nitrogen and oxygen atoms in total. The first-order valence-corrected chi connectivity index (χ1v) is 5.78. The third-order valence-corrected chi connectivity index (χ3v) is 2.74. The summed E-state index contributed by atoms with van der Waals surface area (Å²) < 4.78 is 37.1. The number of hydrogen-bond acceptors (Lipinski definition) is 2. The molecule has 0 saturated heterocycles. The van der Waals surface area contributed by atoms with Gasteiger partial charge in [-0.05, 0) is 6.07 Å². The predicted octanol–water partition coefficient (Wildman–Crippen LogP) is 3.58. The van der Waals surface area contributed by atoms with Gasteiger partial charge in [0.15, 0.2) is 0 Å². The van der Waals surface area contributed by atoms with Gasteiger partial charge in [-0.15, -0.1) is 6.58 Å². The maximum absolute atomic E-state index is 12.4. The van der Waals surface area contributed by atoms with Crippen LogP contribution in [0.5, 0.6) is 0 Å². The first-order valence-electron chi connectivity index (χ1n) is 5.02. The fourth-order valence-corrected chi connectivity index (χ4v) is 1.58. The molecule has 104 valence electrons. The van der Waals surface area contributed by atoms with Crippen LogP contribution in [0.1, 0.15) is 10.4 Å². The fraction of sp³-hybridized carbons (Fsp3) is 0.273. The minimum absolute atomic E-state index is 0.00178. The Bertz CT molecular complexity index is 491. The van der Waals surface area contributed by atoms with Gasteiger partial charge in [0, 0.05) is 12.7 Å². The van der Waals surface area contributed by atoms with E-state index in [0.717, 1.165) is 6.20 Å². The molecular weight excluding hydrogens is 304 g/mol. The van der Waals surface area contributed by atoms with Crippen molar-refractivity contribution in [2.24, 2.45) is 0 Å². The second-order valence-electron chi connectivity index (χ2n) is 3.59. The summed E-state index contributed by atoms with van der Waals surface area (Å²) in [5.74, 6) is -0.844. The molecule has 8 heteroatoms. The zero-order valence-corrected chi connectivity index (χ0v) is 11.1. The van der Waals surface area contributed by atoms with Gasteiger partial charge in [-0.25, -0.2) is 4.98 Å². The Morgan fingerprint density at radius 2 is 2.11 bits per heavy atom. The zero-order chi connectivity index (χ0) is 14.6. The van der Waals surface area contributed by atoms with Crippen molar-refractivity contribution in [1.82, 2.24) is 9.88 Å². The van der Waals surface area contributed by atoms with Crippen LogP contribution in [0.3, 0.4) is 0 Å². The van der Waals surface area contributed by atoms with Crippen LogP contribution in [0.4, 0.5) is 13.2 Å². The van der Waals surface area contributed by atoms with Gasteiger partial charge in [-0.2, -0.15) is 13.2 Å². The van der Waals surface area contributed by atoms with E-state index in [4.69, 9.17) is 23.2 Å². The van der Waals surface area contributed by atoms with Crippen molar-refractivity contribution in [2.75, 3.05) is 13.1 Å². The molecule has 0 fully saturated rings. The van der Waals surface area contributed by atoms with Crippen LogP contribution in [-0.4, -0.2) is 35.1 Å². The summed E-state index contributed by atoms with van der Waals surface area (Å²) in [5.41, 5.74) is -0.0690. The number of hydrogen-bond donors (Lipinski definition) is 0. The molecule has 0 aliphatic carbocycles. The normalized spacial score (nSPS) is 11.2. The largest absolute Gasteiger partial charge is 0.406 e. The van der Waals surface area contributed by atoms with Gasteiger partial charge in [0.25, 0.3) is 5.91 Å². The summed E-state index contributed by atoms with van der Waals surface area (Å²) in [7, 11) is 0. The van der Waals surface area contributed by atoms with Crippen molar-refractivity contribution >= 4 is 29.1 Å². The average Bonchev–Trinajstić information content (AvgIpc) is 2.29. The lowest BCUT2D eigenvalue weighted by molar-refractivity contribution is -0.139. The van der Waals surface area contributed by atoms with Gasteiger partial charge >= 0.3 is 6.18 Å². The average molecular weight is 313 g/mol. The second-order valence-corrected chi connectivity index (χ2v) is 4.35. The van der Waals surface area contributed by atoms with Crippen molar-refractivity contribution in [1.29, 1.82) is 0 Å². The highest BCUT2D eigenvalue weighted by Crippen LogP contribution is 2.22. The molecule has 1 rings (SSSR count). The number of nitrogens with zero attached hydrogens (tertiary/aromatic N) is 2. The molecule has 0 aromatic carbocycles. The van der Waals surface area contributed by atoms with Crippen LogP contribution in [0.2, 0.25) is 10.2 Å². The van der Waals surface area contributed by atoms with Gasteiger partial charge in [0.2, 0.25) is 0 Å². The van der Waals surface area contributed by atoms with Gasteiger partial charge in [0.1, 0.15) is 11.7 Å². The van der Waals surface area contributed by atoms with Crippen LogP contribution >= 0.6 is 23.2 Å². The van der Waals surface area contributed by atoms with Gasteiger partial charge in [-0.3, -0.25) is 4.79 Å². The molecule has 0 saturated carbocycles. The fourth-order valence-electron chi connectivity index (χ4n) is 1.31. The molecule has 0 N–H and O–H groups in total. The number of alkyl halides is 3. The number of carbonyl (C=O) groups excluding carboxylic acids is 1. The molecule has 1 amide bonds. The maximum Gasteiger partial charge on any atom is 0.406 e. The van der Waals surface area contributed by atoms with Crippen molar-refractivity contribution in [2.45, 2.75) is 6.18 Å². The lowest BCUT2D eigenvalue weighted by atomic mass is 10.2. The summed E-state index contributed by atoms with van der Waals surface area (Å²) in [6.45, 7) is 1.70. The summed E-state index contributed by atoms with van der Waals surface area (Å²) in [6.07, 6.45) is -2.22. The quantitative estimate of drug-likeness (QED) is 0.629. The molecular formula is C11H9Cl2F3N2O. The summed E-state index contributed by atoms with van der Waals surface area (Å²) in [5, 5.41) is -0.0256. The zero-order valence-electron chi connectivity index (χ0n) is 9.55. The number of aromatic nitrogens is 1. The third-order valence-electron chi connectivity index (χ3n) is 2.05. The first-order chi connectivity index (χ1) is 8.74. The summed E-state index contributed by atoms with van der Waals surface area (Å²) in [6, 6.07) is 1.17. The van der Waals surface area contributed by atoms with E-state index in [1.165, 1.54) is 12.1 Å². The Labute approximate surface area is 117 Å². The molecule has 1 heterocycles. The van der Waals surface area contributed by atoms with E-state index in [1.807, 2.05) is 0 Å². The highest BCUT2D eigenvalue weighted by molar-refractivity contribution is 6.41. The molecule has 0 atom stereocenters. The van der Waals surface area contributed by atoms with E-state index in [-0.39, 0.29) is 22.3 Å². The smallest absolute Gasteiger partial charge is 0.326 e. The second kappa shape index (κ2) is 6.25. The highest BCUT2D eigenvalue weighted by Gasteiger charge is 2.33.